The molecule has 0 saturated heterocycles. The number of nitrogens with zero attached hydrogens (tertiary/aromatic N) is 1. The summed E-state index contributed by atoms with van der Waals surface area (Å²) in [4.78, 5) is 13.5. The second-order valence-corrected chi connectivity index (χ2v) is 4.52. The van der Waals surface area contributed by atoms with Crippen molar-refractivity contribution in [2.45, 2.75) is 65.5 Å². The van der Waals surface area contributed by atoms with Gasteiger partial charge in [0.1, 0.15) is 0 Å². The van der Waals surface area contributed by atoms with Gasteiger partial charge in [-0.05, 0) is 25.9 Å². The Hall–Kier alpha value is -0.830. The molecule has 1 atom stereocenters. The fourth-order valence-electron chi connectivity index (χ4n) is 2.05. The molecule has 0 amide bonds. The van der Waals surface area contributed by atoms with Crippen molar-refractivity contribution in [2.24, 2.45) is 0 Å². The Morgan fingerprint density at radius 1 is 1.17 bits per heavy atom. The third-order valence-electron chi connectivity index (χ3n) is 3.19. The van der Waals surface area contributed by atoms with Crippen molar-refractivity contribution in [3.63, 3.8) is 0 Å². The van der Waals surface area contributed by atoms with E-state index in [1.807, 2.05) is 0 Å². The average molecular weight is 255 g/mol. The summed E-state index contributed by atoms with van der Waals surface area (Å²) in [7, 11) is 0. The number of carbonyl (C=O) groups is 1. The summed E-state index contributed by atoms with van der Waals surface area (Å²) >= 11 is 0. The van der Waals surface area contributed by atoms with E-state index in [0.717, 1.165) is 25.9 Å². The lowest BCUT2D eigenvalue weighted by Crippen LogP contribution is -2.38. The van der Waals surface area contributed by atoms with Crippen LogP contribution in [0.1, 0.15) is 59.3 Å². The molecule has 0 aromatic heterocycles. The molecule has 0 N–H and O–H groups in total. The third kappa shape index (κ3) is 7.49. The molecule has 0 heterocycles. The van der Waals surface area contributed by atoms with E-state index in [-0.39, 0.29) is 12.2 Å². The molecule has 0 aliphatic rings. The first kappa shape index (κ1) is 17.2. The third-order valence-corrected chi connectivity index (χ3v) is 3.19. The second-order valence-electron chi connectivity index (χ2n) is 4.52. The predicted octanol–water partition coefficient (Wildman–Crippen LogP) is 3.74. The van der Waals surface area contributed by atoms with E-state index < -0.39 is 0 Å². The maximum atomic E-state index is 11.3. The van der Waals surface area contributed by atoms with Gasteiger partial charge in [-0.2, -0.15) is 0 Å². The van der Waals surface area contributed by atoms with Gasteiger partial charge < -0.3 is 4.74 Å². The molecule has 18 heavy (non-hydrogen) atoms. The lowest BCUT2D eigenvalue weighted by molar-refractivity contribution is -0.153. The molecular formula is C15H29NO2. The lowest BCUT2D eigenvalue weighted by atomic mass is 10.1. The van der Waals surface area contributed by atoms with Crippen molar-refractivity contribution in [1.29, 1.82) is 0 Å². The molecular weight excluding hydrogens is 226 g/mol. The van der Waals surface area contributed by atoms with Crippen molar-refractivity contribution in [3.8, 4) is 0 Å². The maximum Gasteiger partial charge on any atom is 0.331 e. The number of unbranched alkanes of at least 4 members (excludes halogenated alkanes) is 4. The number of esters is 1. The first-order valence-electron chi connectivity index (χ1n) is 7.26. The van der Waals surface area contributed by atoms with Crippen molar-refractivity contribution < 1.29 is 9.53 Å². The van der Waals surface area contributed by atoms with Crippen LogP contribution in [0.2, 0.25) is 0 Å². The second kappa shape index (κ2) is 11.3. The molecule has 0 aromatic carbocycles. The zero-order valence-corrected chi connectivity index (χ0v) is 12.3. The smallest absolute Gasteiger partial charge is 0.331 e. The summed E-state index contributed by atoms with van der Waals surface area (Å²) < 4.78 is 5.42. The Bertz CT molecular complexity index is 225. The van der Waals surface area contributed by atoms with E-state index in [9.17, 15) is 4.79 Å². The van der Waals surface area contributed by atoms with Crippen molar-refractivity contribution in [3.05, 3.63) is 12.7 Å². The van der Waals surface area contributed by atoms with Crippen LogP contribution in [0.5, 0.6) is 0 Å². The van der Waals surface area contributed by atoms with E-state index in [0.29, 0.717) is 0 Å². The van der Waals surface area contributed by atoms with Gasteiger partial charge in [-0.3, -0.25) is 4.90 Å². The number of carbonyl (C=O) groups excluding carboxylic acids is 1. The quantitative estimate of drug-likeness (QED) is 0.244. The van der Waals surface area contributed by atoms with Gasteiger partial charge in [-0.15, -0.1) is 0 Å². The van der Waals surface area contributed by atoms with E-state index in [1.54, 1.807) is 0 Å². The molecule has 1 unspecified atom stereocenters. The number of hydrogen-bond acceptors (Lipinski definition) is 3. The zero-order valence-electron chi connectivity index (χ0n) is 12.3. The Kier molecular flexibility index (Phi) is 10.8. The molecule has 106 valence electrons. The monoisotopic (exact) mass is 255 g/mol. The molecule has 3 nitrogen and oxygen atoms in total. The number of rotatable bonds is 11. The fraction of sp³-hybridized carbons (Fsp3) is 0.800. The Balaban J connectivity index is 4.11. The summed E-state index contributed by atoms with van der Waals surface area (Å²) in [5.41, 5.74) is 0. The van der Waals surface area contributed by atoms with E-state index in [4.69, 9.17) is 4.74 Å². The minimum atomic E-state index is -0.319. The highest BCUT2D eigenvalue weighted by molar-refractivity contribution is 5.81. The molecule has 3 heteroatoms. The normalized spacial score (nSPS) is 12.4. The Labute approximate surface area is 112 Å². The molecule has 0 aromatic rings. The highest BCUT2D eigenvalue weighted by atomic mass is 16.6. The van der Waals surface area contributed by atoms with Gasteiger partial charge in [0.15, 0.2) is 6.23 Å². The number of hydrogen-bond donors (Lipinski definition) is 0. The summed E-state index contributed by atoms with van der Waals surface area (Å²) in [5.74, 6) is -0.319. The summed E-state index contributed by atoms with van der Waals surface area (Å²) in [6, 6.07) is 0. The van der Waals surface area contributed by atoms with Gasteiger partial charge in [-0.25, -0.2) is 4.79 Å². The van der Waals surface area contributed by atoms with Crippen molar-refractivity contribution >= 4 is 5.97 Å². The molecule has 0 spiro atoms. The summed E-state index contributed by atoms with van der Waals surface area (Å²) in [6.07, 6.45) is 8.23. The molecule has 0 fully saturated rings. The summed E-state index contributed by atoms with van der Waals surface area (Å²) in [5, 5.41) is 0. The predicted molar refractivity (Wildman–Crippen MR) is 76.4 cm³/mol. The van der Waals surface area contributed by atoms with E-state index in [1.165, 1.54) is 31.8 Å². The van der Waals surface area contributed by atoms with Crippen LogP contribution < -0.4 is 0 Å². The van der Waals surface area contributed by atoms with Gasteiger partial charge >= 0.3 is 5.97 Å². The largest absolute Gasteiger partial charge is 0.443 e. The molecule has 0 bridgehead atoms. The fourth-order valence-corrected chi connectivity index (χ4v) is 2.05. The van der Waals surface area contributed by atoms with Crippen LogP contribution in [-0.2, 0) is 9.53 Å². The van der Waals surface area contributed by atoms with Crippen LogP contribution in [0.4, 0.5) is 0 Å². The highest BCUT2D eigenvalue weighted by Gasteiger charge is 2.18. The van der Waals surface area contributed by atoms with Crippen LogP contribution in [0.3, 0.4) is 0 Å². The minimum absolute atomic E-state index is 0.0906. The van der Waals surface area contributed by atoms with Gasteiger partial charge in [0.05, 0.1) is 0 Å². The van der Waals surface area contributed by atoms with Crippen LogP contribution in [-0.4, -0.2) is 30.2 Å². The van der Waals surface area contributed by atoms with Crippen LogP contribution in [0.25, 0.3) is 0 Å². The van der Waals surface area contributed by atoms with Crippen LogP contribution in [0.15, 0.2) is 12.7 Å². The Morgan fingerprint density at radius 2 is 1.78 bits per heavy atom. The van der Waals surface area contributed by atoms with Gasteiger partial charge in [0.25, 0.3) is 0 Å². The molecule has 0 rings (SSSR count). The van der Waals surface area contributed by atoms with E-state index >= 15 is 0 Å². The van der Waals surface area contributed by atoms with Crippen molar-refractivity contribution in [1.82, 2.24) is 4.90 Å². The molecule has 0 aliphatic heterocycles. The van der Waals surface area contributed by atoms with Crippen molar-refractivity contribution in [2.75, 3.05) is 13.1 Å². The number of ether oxygens (including phenoxy) is 1. The standard InChI is InChI=1S/C15H29NO2/c1-5-9-10-11-12-13-14(16(7-3)8-4)18-15(17)6-2/h6,14H,2,5,7-13H2,1,3-4H3. The van der Waals surface area contributed by atoms with Gasteiger partial charge in [-0.1, -0.05) is 53.0 Å². The maximum absolute atomic E-state index is 11.3. The van der Waals surface area contributed by atoms with Crippen LogP contribution >= 0.6 is 0 Å². The average Bonchev–Trinajstić information content (AvgIpc) is 2.39. The molecule has 0 radical (unpaired) electrons. The van der Waals surface area contributed by atoms with Crippen LogP contribution in [0, 0.1) is 0 Å². The molecule has 0 aliphatic carbocycles. The van der Waals surface area contributed by atoms with Gasteiger partial charge in [0, 0.05) is 6.08 Å². The minimum Gasteiger partial charge on any atom is -0.443 e. The molecule has 0 saturated carbocycles. The Morgan fingerprint density at radius 3 is 2.28 bits per heavy atom. The summed E-state index contributed by atoms with van der Waals surface area (Å²) in [6.45, 7) is 11.7. The first-order chi connectivity index (χ1) is 8.69. The highest BCUT2D eigenvalue weighted by Crippen LogP contribution is 2.13. The van der Waals surface area contributed by atoms with E-state index in [2.05, 4.69) is 32.3 Å². The first-order valence-corrected chi connectivity index (χ1v) is 7.26. The lowest BCUT2D eigenvalue weighted by Gasteiger charge is -2.28. The topological polar surface area (TPSA) is 29.5 Å². The zero-order chi connectivity index (χ0) is 13.8. The van der Waals surface area contributed by atoms with Gasteiger partial charge in [0.2, 0.25) is 0 Å². The SMILES string of the molecule is C=CC(=O)OC(CCCCCCC)N(CC)CC.